The molecule has 1 heterocycles. The number of thioether (sulfide) groups is 1. The average molecular weight is 310 g/mol. The number of hydrogen-bond acceptors (Lipinski definition) is 4. The lowest BCUT2D eigenvalue weighted by molar-refractivity contribution is -0.274. The second kappa shape index (κ2) is 6.50. The van der Waals surface area contributed by atoms with Crippen LogP contribution in [-0.2, 0) is 5.75 Å². The molecule has 0 aliphatic heterocycles. The zero-order chi connectivity index (χ0) is 15.3. The Kier molecular flexibility index (Phi) is 4.70. The highest BCUT2D eigenvalue weighted by Gasteiger charge is 2.30. The van der Waals surface area contributed by atoms with E-state index in [9.17, 15) is 13.2 Å². The van der Waals surface area contributed by atoms with Gasteiger partial charge in [-0.1, -0.05) is 12.1 Å². The van der Waals surface area contributed by atoms with E-state index in [4.69, 9.17) is 5.26 Å². The highest BCUT2D eigenvalue weighted by Crippen LogP contribution is 2.25. The van der Waals surface area contributed by atoms with Gasteiger partial charge in [0, 0.05) is 11.9 Å². The van der Waals surface area contributed by atoms with Crippen LogP contribution in [0.3, 0.4) is 0 Å². The van der Waals surface area contributed by atoms with Crippen molar-refractivity contribution < 1.29 is 17.9 Å². The molecule has 0 saturated carbocycles. The molecular weight excluding hydrogens is 301 g/mol. The summed E-state index contributed by atoms with van der Waals surface area (Å²) >= 11 is 1.40. The van der Waals surface area contributed by atoms with Gasteiger partial charge in [0.15, 0.2) is 0 Å². The van der Waals surface area contributed by atoms with Crippen molar-refractivity contribution in [2.24, 2.45) is 0 Å². The first kappa shape index (κ1) is 15.2. The minimum atomic E-state index is -4.68. The van der Waals surface area contributed by atoms with Gasteiger partial charge in [-0.2, -0.15) is 5.26 Å². The van der Waals surface area contributed by atoms with E-state index in [0.717, 1.165) is 5.56 Å². The molecule has 7 heteroatoms. The zero-order valence-corrected chi connectivity index (χ0v) is 11.4. The van der Waals surface area contributed by atoms with Crippen molar-refractivity contribution in [3.63, 3.8) is 0 Å². The smallest absolute Gasteiger partial charge is 0.406 e. The Morgan fingerprint density at radius 2 is 1.90 bits per heavy atom. The fraction of sp³-hybridized carbons (Fsp3) is 0.143. The first-order valence-electron chi connectivity index (χ1n) is 5.80. The first-order chi connectivity index (χ1) is 9.96. The van der Waals surface area contributed by atoms with Crippen molar-refractivity contribution in [2.45, 2.75) is 17.1 Å². The number of alkyl halides is 3. The van der Waals surface area contributed by atoms with Gasteiger partial charge in [-0.3, -0.25) is 0 Å². The van der Waals surface area contributed by atoms with Crippen LogP contribution >= 0.6 is 11.8 Å². The number of nitriles is 1. The lowest BCUT2D eigenvalue weighted by Gasteiger charge is -2.09. The predicted molar refractivity (Wildman–Crippen MR) is 71.6 cm³/mol. The quantitative estimate of drug-likeness (QED) is 0.796. The fourth-order valence-corrected chi connectivity index (χ4v) is 2.36. The number of nitrogens with zero attached hydrogens (tertiary/aromatic N) is 2. The van der Waals surface area contributed by atoms with Gasteiger partial charge in [-0.25, -0.2) is 4.98 Å². The Morgan fingerprint density at radius 3 is 2.52 bits per heavy atom. The van der Waals surface area contributed by atoms with Gasteiger partial charge in [0.25, 0.3) is 0 Å². The van der Waals surface area contributed by atoms with Crippen molar-refractivity contribution >= 4 is 11.8 Å². The largest absolute Gasteiger partial charge is 0.573 e. The molecule has 2 rings (SSSR count). The average Bonchev–Trinajstić information content (AvgIpc) is 2.45. The summed E-state index contributed by atoms with van der Waals surface area (Å²) in [6.07, 6.45) is -3.14. The Morgan fingerprint density at radius 1 is 1.19 bits per heavy atom. The van der Waals surface area contributed by atoms with Gasteiger partial charge >= 0.3 is 6.36 Å². The van der Waals surface area contributed by atoms with Crippen LogP contribution in [0.4, 0.5) is 13.2 Å². The third-order valence-corrected chi connectivity index (χ3v) is 3.40. The lowest BCUT2D eigenvalue weighted by atomic mass is 10.2. The van der Waals surface area contributed by atoms with E-state index in [0.29, 0.717) is 16.3 Å². The SMILES string of the molecule is N#Cc1ccnc(SCc2ccc(OC(F)(F)F)cc2)c1. The summed E-state index contributed by atoms with van der Waals surface area (Å²) in [4.78, 5) is 4.11. The molecule has 0 unspecified atom stereocenters. The molecule has 0 amide bonds. The van der Waals surface area contributed by atoms with E-state index < -0.39 is 6.36 Å². The summed E-state index contributed by atoms with van der Waals surface area (Å²) in [7, 11) is 0. The first-order valence-corrected chi connectivity index (χ1v) is 6.78. The van der Waals surface area contributed by atoms with Gasteiger partial charge in [0.2, 0.25) is 0 Å². The van der Waals surface area contributed by atoms with Crippen LogP contribution in [0.25, 0.3) is 0 Å². The Labute approximate surface area is 123 Å². The molecule has 0 N–H and O–H groups in total. The summed E-state index contributed by atoms with van der Waals surface area (Å²) in [5.41, 5.74) is 1.35. The Balaban J connectivity index is 1.96. The molecule has 0 spiro atoms. The molecule has 0 aliphatic rings. The van der Waals surface area contributed by atoms with E-state index >= 15 is 0 Å². The molecule has 21 heavy (non-hydrogen) atoms. The van der Waals surface area contributed by atoms with E-state index in [1.807, 2.05) is 6.07 Å². The van der Waals surface area contributed by atoms with E-state index in [1.165, 1.54) is 23.9 Å². The van der Waals surface area contributed by atoms with Crippen LogP contribution < -0.4 is 4.74 Å². The molecule has 2 aromatic rings. The maximum atomic E-state index is 12.0. The van der Waals surface area contributed by atoms with Gasteiger partial charge in [-0.15, -0.1) is 24.9 Å². The van der Waals surface area contributed by atoms with Gasteiger partial charge in [-0.05, 0) is 29.8 Å². The monoisotopic (exact) mass is 310 g/mol. The Bertz CT molecular complexity index is 651. The molecule has 3 nitrogen and oxygen atoms in total. The normalized spacial score (nSPS) is 11.0. The number of benzene rings is 1. The summed E-state index contributed by atoms with van der Waals surface area (Å²) in [6.45, 7) is 0. The molecular formula is C14H9F3N2OS. The third-order valence-electron chi connectivity index (χ3n) is 2.41. The van der Waals surface area contributed by atoms with Crippen molar-refractivity contribution in [3.8, 4) is 11.8 Å². The maximum Gasteiger partial charge on any atom is 0.573 e. The number of rotatable bonds is 4. The van der Waals surface area contributed by atoms with Crippen LogP contribution in [0.15, 0.2) is 47.6 Å². The van der Waals surface area contributed by atoms with Crippen LogP contribution in [0, 0.1) is 11.3 Å². The second-order valence-electron chi connectivity index (χ2n) is 3.97. The number of aromatic nitrogens is 1. The molecule has 1 aromatic heterocycles. The number of halogens is 3. The lowest BCUT2D eigenvalue weighted by Crippen LogP contribution is -2.16. The molecule has 1 aromatic carbocycles. The summed E-state index contributed by atoms with van der Waals surface area (Å²) < 4.78 is 39.9. The molecule has 0 saturated heterocycles. The molecule has 0 radical (unpaired) electrons. The minimum absolute atomic E-state index is 0.249. The summed E-state index contributed by atoms with van der Waals surface area (Å²) in [6, 6.07) is 10.9. The van der Waals surface area contributed by atoms with Crippen molar-refractivity contribution in [1.29, 1.82) is 5.26 Å². The Hall–Kier alpha value is -2.20. The van der Waals surface area contributed by atoms with Crippen molar-refractivity contribution in [1.82, 2.24) is 4.98 Å². The van der Waals surface area contributed by atoms with E-state index in [1.54, 1.807) is 30.5 Å². The van der Waals surface area contributed by atoms with Crippen LogP contribution in [-0.4, -0.2) is 11.3 Å². The van der Waals surface area contributed by atoms with Crippen molar-refractivity contribution in [3.05, 3.63) is 53.7 Å². The van der Waals surface area contributed by atoms with Crippen LogP contribution in [0.2, 0.25) is 0 Å². The summed E-state index contributed by atoms with van der Waals surface area (Å²) in [5, 5.41) is 9.46. The number of ether oxygens (including phenoxy) is 1. The number of hydrogen-bond donors (Lipinski definition) is 0. The standard InChI is InChI=1S/C14H9F3N2OS/c15-14(16,17)20-12-3-1-10(2-4-12)9-21-13-7-11(8-18)5-6-19-13/h1-7H,9H2. The molecule has 108 valence electrons. The highest BCUT2D eigenvalue weighted by molar-refractivity contribution is 7.98. The van der Waals surface area contributed by atoms with Gasteiger partial charge in [0.1, 0.15) is 5.75 Å². The van der Waals surface area contributed by atoms with E-state index in [-0.39, 0.29) is 5.75 Å². The summed E-state index contributed by atoms with van der Waals surface area (Å²) in [5.74, 6) is 0.287. The fourth-order valence-electron chi connectivity index (χ4n) is 1.50. The van der Waals surface area contributed by atoms with Gasteiger partial charge < -0.3 is 4.74 Å². The topological polar surface area (TPSA) is 45.9 Å². The second-order valence-corrected chi connectivity index (χ2v) is 4.97. The highest BCUT2D eigenvalue weighted by atomic mass is 32.2. The molecule has 0 bridgehead atoms. The molecule has 0 atom stereocenters. The zero-order valence-electron chi connectivity index (χ0n) is 10.6. The van der Waals surface area contributed by atoms with Gasteiger partial charge in [0.05, 0.1) is 16.7 Å². The van der Waals surface area contributed by atoms with Crippen LogP contribution in [0.5, 0.6) is 5.75 Å². The predicted octanol–water partition coefficient (Wildman–Crippen LogP) is 4.14. The molecule has 0 aliphatic carbocycles. The maximum absolute atomic E-state index is 12.0. The minimum Gasteiger partial charge on any atom is -0.406 e. The van der Waals surface area contributed by atoms with Crippen LogP contribution in [0.1, 0.15) is 11.1 Å². The van der Waals surface area contributed by atoms with E-state index in [2.05, 4.69) is 9.72 Å². The van der Waals surface area contributed by atoms with Crippen molar-refractivity contribution in [2.75, 3.05) is 0 Å². The molecule has 0 fully saturated rings. The number of pyridine rings is 1. The third kappa shape index (κ3) is 5.00.